The first kappa shape index (κ1) is 35.6. The molecule has 0 aromatic rings. The van der Waals surface area contributed by atoms with Crippen LogP contribution in [-0.2, 0) is 14.6 Å². The summed E-state index contributed by atoms with van der Waals surface area (Å²) in [5.41, 5.74) is 4.51. The molecular formula is C34H67N3O5S+2. The molecule has 3 unspecified atom stereocenters. The van der Waals surface area contributed by atoms with Crippen LogP contribution < -0.4 is 16.4 Å². The van der Waals surface area contributed by atoms with E-state index in [4.69, 9.17) is 4.18 Å². The van der Waals surface area contributed by atoms with Crippen LogP contribution in [-0.4, -0.2) is 62.5 Å². The fraction of sp³-hybridized carbons (Fsp3) is 1.00. The highest BCUT2D eigenvalue weighted by Gasteiger charge is 2.63. The quantitative estimate of drug-likeness (QED) is 0.118. The molecular weight excluding hydrogens is 562 g/mol. The van der Waals surface area contributed by atoms with Gasteiger partial charge in [-0.15, -0.1) is 0 Å². The molecule has 0 spiro atoms. The van der Waals surface area contributed by atoms with Crippen molar-refractivity contribution in [1.82, 2.24) is 0 Å². The van der Waals surface area contributed by atoms with Gasteiger partial charge in [0, 0.05) is 25.7 Å². The molecule has 43 heavy (non-hydrogen) atoms. The molecule has 0 bridgehead atoms. The summed E-state index contributed by atoms with van der Waals surface area (Å²) in [4.78, 5) is 0. The number of aliphatic hydroxyl groups excluding tert-OH is 1. The third-order valence-corrected chi connectivity index (χ3v) is 13.9. The lowest BCUT2D eigenvalue weighted by molar-refractivity contribution is -0.705. The molecule has 0 aromatic carbocycles. The third kappa shape index (κ3) is 8.36. The Bertz CT molecular complexity index is 981. The molecule has 4 saturated carbocycles. The maximum Gasteiger partial charge on any atom is 0.217 e. The van der Waals surface area contributed by atoms with Crippen molar-refractivity contribution in [3.63, 3.8) is 0 Å². The Balaban J connectivity index is 1.32. The molecule has 4 rings (SSSR count). The number of aliphatic hydroxyl groups is 1. The van der Waals surface area contributed by atoms with Crippen LogP contribution in [0.2, 0.25) is 0 Å². The summed E-state index contributed by atoms with van der Waals surface area (Å²) in [7, 11) is -4.70. The first-order valence-corrected chi connectivity index (χ1v) is 19.4. The zero-order valence-electron chi connectivity index (χ0n) is 28.1. The summed E-state index contributed by atoms with van der Waals surface area (Å²) in [6.07, 6.45) is 14.3. The minimum Gasteiger partial charge on any atom is -0.726 e. The summed E-state index contributed by atoms with van der Waals surface area (Å²) >= 11 is 0. The highest BCUT2D eigenvalue weighted by molar-refractivity contribution is 7.80. The molecule has 0 aromatic heterocycles. The smallest absolute Gasteiger partial charge is 0.217 e. The fourth-order valence-electron chi connectivity index (χ4n) is 10.9. The third-order valence-electron chi connectivity index (χ3n) is 13.4. The van der Waals surface area contributed by atoms with Gasteiger partial charge in [0.25, 0.3) is 0 Å². The minimum absolute atomic E-state index is 0.0195. The lowest BCUT2D eigenvalue weighted by atomic mass is 9.43. The van der Waals surface area contributed by atoms with Gasteiger partial charge in [-0.2, -0.15) is 0 Å². The number of rotatable bonds is 16. The topological polar surface area (TPSA) is 148 Å². The number of hydrogen-bond donors (Lipinski definition) is 4. The molecule has 0 aliphatic heterocycles. The number of hydrogen-bond acceptors (Lipinski definition) is 5. The number of nitrogens with two attached hydrogens (primary N) is 2. The van der Waals surface area contributed by atoms with Crippen LogP contribution in [0.15, 0.2) is 0 Å². The summed E-state index contributed by atoms with van der Waals surface area (Å²) in [5.74, 6) is 3.23. The van der Waals surface area contributed by atoms with Gasteiger partial charge < -0.3 is 26.0 Å². The average molecular weight is 630 g/mol. The van der Waals surface area contributed by atoms with E-state index in [1.165, 1.54) is 83.8 Å². The van der Waals surface area contributed by atoms with Crippen LogP contribution >= 0.6 is 0 Å². The van der Waals surface area contributed by atoms with Crippen molar-refractivity contribution in [3.8, 4) is 0 Å². The van der Waals surface area contributed by atoms with E-state index in [9.17, 15) is 18.1 Å². The van der Waals surface area contributed by atoms with Crippen molar-refractivity contribution >= 4 is 10.4 Å². The van der Waals surface area contributed by atoms with Gasteiger partial charge in [0.1, 0.15) is 0 Å². The fourth-order valence-corrected chi connectivity index (χ4v) is 11.6. The standard InChI is InChI=1S/C34H65N3O5S/c1-23(2)31(42-43(39,40)41)12-9-24(3)27-10-11-28-32-29(14-16-34(27,28)5)33(4)15-13-26(21-25(33)22-30(32)38)37-20-8-19-36-18-7-6-17-35/h23-32,36-38H,6-22,35H2,1-5H3,(H,39,40,41)/p+2/t24-,25-,26+,27-,28?,29?,30-,31-,32?,33+,34-/m1/s1. The van der Waals surface area contributed by atoms with Crippen molar-refractivity contribution in [2.24, 2.45) is 52.3 Å². The maximum absolute atomic E-state index is 11.8. The lowest BCUT2D eigenvalue weighted by Gasteiger charge is -2.62. The largest absolute Gasteiger partial charge is 0.726 e. The van der Waals surface area contributed by atoms with Crippen LogP contribution in [0.1, 0.15) is 118 Å². The summed E-state index contributed by atoms with van der Waals surface area (Å²) < 4.78 is 38.8. The van der Waals surface area contributed by atoms with Crippen molar-refractivity contribution in [2.45, 2.75) is 136 Å². The summed E-state index contributed by atoms with van der Waals surface area (Å²) in [6, 6.07) is 0.716. The van der Waals surface area contributed by atoms with Gasteiger partial charge in [0.15, 0.2) is 0 Å². The van der Waals surface area contributed by atoms with E-state index < -0.39 is 16.5 Å². The SMILES string of the molecule is CC(C)[C@@H](CC[C@@H](C)[C@H]1CCC2C3C(CC[C@@]21C)[C@@]1(C)CC[C@H]([NH2+]CCC[NH2+]CCCC[NH3+])C[C@@H]1C[C@H]3O)OS(=O)(=O)[O-]. The van der Waals surface area contributed by atoms with Gasteiger partial charge in [0.05, 0.1) is 44.4 Å². The zero-order valence-corrected chi connectivity index (χ0v) is 29.0. The lowest BCUT2D eigenvalue weighted by Crippen LogP contribution is -2.92. The van der Waals surface area contributed by atoms with E-state index in [-0.39, 0.29) is 17.4 Å². The Morgan fingerprint density at radius 2 is 1.63 bits per heavy atom. The predicted octanol–water partition coefficient (Wildman–Crippen LogP) is 2.44. The Kier molecular flexibility index (Phi) is 12.5. The van der Waals surface area contributed by atoms with Gasteiger partial charge in [-0.05, 0) is 110 Å². The van der Waals surface area contributed by atoms with Crippen LogP contribution in [0.3, 0.4) is 0 Å². The maximum atomic E-state index is 11.8. The van der Waals surface area contributed by atoms with Crippen molar-refractivity contribution in [2.75, 3.05) is 26.2 Å². The van der Waals surface area contributed by atoms with Gasteiger partial charge in [-0.1, -0.05) is 34.6 Å². The molecule has 0 saturated heterocycles. The Morgan fingerprint density at radius 1 is 0.930 bits per heavy atom. The van der Waals surface area contributed by atoms with E-state index in [1.54, 1.807) is 0 Å². The van der Waals surface area contributed by atoms with E-state index in [0.29, 0.717) is 53.4 Å². The number of quaternary nitrogens is 3. The van der Waals surface area contributed by atoms with Gasteiger partial charge in [-0.25, -0.2) is 8.42 Å². The second kappa shape index (κ2) is 15.1. The average Bonchev–Trinajstić information content (AvgIpc) is 3.29. The van der Waals surface area contributed by atoms with E-state index in [2.05, 4.69) is 37.1 Å². The molecule has 0 amide bonds. The number of unbranched alkanes of at least 4 members (excludes halogenated alkanes) is 1. The van der Waals surface area contributed by atoms with Crippen LogP contribution in [0, 0.1) is 52.3 Å². The Morgan fingerprint density at radius 3 is 2.33 bits per heavy atom. The van der Waals surface area contributed by atoms with E-state index >= 15 is 0 Å². The van der Waals surface area contributed by atoms with Gasteiger partial charge in [0.2, 0.25) is 10.4 Å². The second-order valence-corrected chi connectivity index (χ2v) is 17.2. The Labute approximate surface area is 263 Å². The second-order valence-electron chi connectivity index (χ2n) is 16.2. The van der Waals surface area contributed by atoms with Crippen molar-refractivity contribution < 1.29 is 38.6 Å². The molecule has 11 atom stereocenters. The molecule has 8 nitrogen and oxygen atoms in total. The van der Waals surface area contributed by atoms with Crippen LogP contribution in [0.25, 0.3) is 0 Å². The first-order valence-electron chi connectivity index (χ1n) is 18.1. The van der Waals surface area contributed by atoms with E-state index in [0.717, 1.165) is 19.4 Å². The zero-order chi connectivity index (χ0) is 31.4. The first-order chi connectivity index (χ1) is 20.3. The van der Waals surface area contributed by atoms with Gasteiger partial charge >= 0.3 is 0 Å². The molecule has 252 valence electrons. The molecule has 4 aliphatic carbocycles. The van der Waals surface area contributed by atoms with Crippen molar-refractivity contribution in [1.29, 1.82) is 0 Å². The molecule has 0 radical (unpaired) electrons. The highest BCUT2D eigenvalue weighted by atomic mass is 32.3. The molecule has 4 fully saturated rings. The monoisotopic (exact) mass is 629 g/mol. The molecule has 8 N–H and O–H groups in total. The molecule has 4 aliphatic rings. The predicted molar refractivity (Wildman–Crippen MR) is 168 cm³/mol. The number of fused-ring (bicyclic) bond motifs is 5. The molecule has 0 heterocycles. The minimum atomic E-state index is -4.70. The van der Waals surface area contributed by atoms with Crippen LogP contribution in [0.5, 0.6) is 0 Å². The molecule has 9 heteroatoms. The normalized spacial score (nSPS) is 39.2. The summed E-state index contributed by atoms with van der Waals surface area (Å²) in [5, 5.41) is 16.9. The highest BCUT2D eigenvalue weighted by Crippen LogP contribution is 2.68. The van der Waals surface area contributed by atoms with Crippen molar-refractivity contribution in [3.05, 3.63) is 0 Å². The van der Waals surface area contributed by atoms with E-state index in [1.807, 2.05) is 13.8 Å². The van der Waals surface area contributed by atoms with Crippen LogP contribution in [0.4, 0.5) is 0 Å². The van der Waals surface area contributed by atoms with Gasteiger partial charge in [-0.3, -0.25) is 4.18 Å². The Hall–Kier alpha value is -0.290. The summed E-state index contributed by atoms with van der Waals surface area (Å²) in [6.45, 7) is 16.0.